The largest absolute Gasteiger partial charge is 0.460 e. The zero-order valence-electron chi connectivity index (χ0n) is 31.0. The minimum Gasteiger partial charge on any atom is -0.460 e. The lowest BCUT2D eigenvalue weighted by Crippen LogP contribution is -2.59. The van der Waals surface area contributed by atoms with E-state index in [0.717, 1.165) is 5.39 Å². The number of fused-ring (bicyclic) bond motifs is 1. The van der Waals surface area contributed by atoms with Gasteiger partial charge in [0.1, 0.15) is 29.4 Å². The Balaban J connectivity index is 1.59. The highest BCUT2D eigenvalue weighted by atomic mass is 16.6. The van der Waals surface area contributed by atoms with Gasteiger partial charge in [-0.1, -0.05) is 19.9 Å². The average Bonchev–Trinajstić information content (AvgIpc) is 3.01. The average molecular weight is 696 g/mol. The van der Waals surface area contributed by atoms with Crippen molar-refractivity contribution in [3.05, 3.63) is 41.9 Å². The number of amides is 2. The van der Waals surface area contributed by atoms with Gasteiger partial charge in [-0.05, 0) is 98.4 Å². The summed E-state index contributed by atoms with van der Waals surface area (Å²) in [6.45, 7) is 18.0. The third-order valence-electron chi connectivity index (χ3n) is 7.73. The number of ether oxygens (including phenoxy) is 3. The van der Waals surface area contributed by atoms with Crippen molar-refractivity contribution in [2.75, 3.05) is 6.54 Å². The monoisotopic (exact) mass is 695 g/mol. The standard InChI is InChI=1S/C37H53N5O8/c1-22(2)27(20-32(44)50-37(8,9)10)33(45)39-23(3)34(46)42-18-12-14-29(41-42)35(47)48-24(4)28-17-16-25-21-38-26(19-30(25)40-28)13-11-15-31(43)49-36(5,6)7/h11,13,16-17,19,21-24,27,29,41H,12,14-15,18,20H2,1-10H3,(H,39,45)/b13-11+/t23-,24+,27-,29-/m0/s1. The highest BCUT2D eigenvalue weighted by molar-refractivity contribution is 5.90. The van der Waals surface area contributed by atoms with Crippen LogP contribution in [0.4, 0.5) is 0 Å². The molecular weight excluding hydrogens is 642 g/mol. The fraction of sp³-hybridized carbons (Fsp3) is 0.595. The number of carbonyl (C=O) groups is 5. The van der Waals surface area contributed by atoms with E-state index in [1.807, 2.05) is 40.7 Å². The van der Waals surface area contributed by atoms with Crippen molar-refractivity contribution < 1.29 is 38.2 Å². The first-order valence-corrected chi connectivity index (χ1v) is 17.2. The molecule has 3 rings (SSSR count). The molecule has 13 nitrogen and oxygen atoms in total. The summed E-state index contributed by atoms with van der Waals surface area (Å²) in [7, 11) is 0. The lowest BCUT2D eigenvalue weighted by Gasteiger charge is -2.35. The van der Waals surface area contributed by atoms with Crippen molar-refractivity contribution in [3.63, 3.8) is 0 Å². The second-order valence-corrected chi connectivity index (χ2v) is 15.0. The van der Waals surface area contributed by atoms with E-state index in [2.05, 4.69) is 20.7 Å². The summed E-state index contributed by atoms with van der Waals surface area (Å²) in [5.74, 6) is -3.03. The lowest BCUT2D eigenvalue weighted by molar-refractivity contribution is -0.158. The Labute approximate surface area is 294 Å². The maximum Gasteiger partial charge on any atom is 0.325 e. The zero-order chi connectivity index (χ0) is 37.4. The Morgan fingerprint density at radius 1 is 1.00 bits per heavy atom. The van der Waals surface area contributed by atoms with Crippen LogP contribution in [-0.2, 0) is 38.2 Å². The predicted molar refractivity (Wildman–Crippen MR) is 188 cm³/mol. The topological polar surface area (TPSA) is 166 Å². The van der Waals surface area contributed by atoms with Gasteiger partial charge >= 0.3 is 17.9 Å². The molecule has 4 atom stereocenters. The summed E-state index contributed by atoms with van der Waals surface area (Å²) in [6, 6.07) is 3.71. The van der Waals surface area contributed by atoms with Gasteiger partial charge < -0.3 is 19.5 Å². The first-order chi connectivity index (χ1) is 23.2. The summed E-state index contributed by atoms with van der Waals surface area (Å²) in [5, 5.41) is 4.87. The Morgan fingerprint density at radius 2 is 1.66 bits per heavy atom. The fourth-order valence-corrected chi connectivity index (χ4v) is 5.27. The van der Waals surface area contributed by atoms with Gasteiger partial charge in [-0.15, -0.1) is 0 Å². The number of carbonyl (C=O) groups excluding carboxylic acids is 5. The fourth-order valence-electron chi connectivity index (χ4n) is 5.27. The highest BCUT2D eigenvalue weighted by Gasteiger charge is 2.34. The van der Waals surface area contributed by atoms with E-state index in [-0.39, 0.29) is 24.7 Å². The molecule has 0 radical (unpaired) electrons. The molecule has 2 N–H and O–H groups in total. The smallest absolute Gasteiger partial charge is 0.325 e. The molecule has 13 heteroatoms. The highest BCUT2D eigenvalue weighted by Crippen LogP contribution is 2.23. The molecule has 50 heavy (non-hydrogen) atoms. The number of hydrogen-bond donors (Lipinski definition) is 2. The van der Waals surface area contributed by atoms with Gasteiger partial charge in [-0.2, -0.15) is 0 Å². The molecule has 0 spiro atoms. The number of pyridine rings is 2. The molecule has 0 bridgehead atoms. The molecule has 2 aromatic rings. The van der Waals surface area contributed by atoms with Crippen molar-refractivity contribution in [2.24, 2.45) is 11.8 Å². The van der Waals surface area contributed by atoms with Crippen LogP contribution in [0.3, 0.4) is 0 Å². The summed E-state index contributed by atoms with van der Waals surface area (Å²) < 4.78 is 16.5. The molecule has 0 unspecified atom stereocenters. The van der Waals surface area contributed by atoms with Gasteiger partial charge in [0.25, 0.3) is 5.91 Å². The van der Waals surface area contributed by atoms with Crippen LogP contribution in [0.2, 0.25) is 0 Å². The third kappa shape index (κ3) is 12.5. The predicted octanol–water partition coefficient (Wildman–Crippen LogP) is 4.98. The molecule has 274 valence electrons. The second-order valence-electron chi connectivity index (χ2n) is 15.0. The normalized spacial score (nSPS) is 17.3. The van der Waals surface area contributed by atoms with Crippen LogP contribution in [0.1, 0.15) is 112 Å². The van der Waals surface area contributed by atoms with Gasteiger partial charge in [0.2, 0.25) is 5.91 Å². The van der Waals surface area contributed by atoms with E-state index in [1.165, 1.54) is 5.01 Å². The molecule has 2 amide bonds. The minimum absolute atomic E-state index is 0.104. The summed E-state index contributed by atoms with van der Waals surface area (Å²) >= 11 is 0. The SMILES string of the molecule is CC(C)[C@H](CC(=O)OC(C)(C)C)C(=O)N[C@@H](C)C(=O)N1CCC[C@@H](C(=O)O[C@H](C)c2ccc3cnc(/C=C/CC(=O)OC(C)(C)C)cc3n2)N1. The van der Waals surface area contributed by atoms with Crippen molar-refractivity contribution >= 4 is 46.7 Å². The van der Waals surface area contributed by atoms with Crippen molar-refractivity contribution in [2.45, 2.75) is 124 Å². The molecular formula is C37H53N5O8. The Kier molecular flexibility index (Phi) is 13.6. The Hall–Kier alpha value is -4.39. The Morgan fingerprint density at radius 3 is 2.30 bits per heavy atom. The molecule has 1 aliphatic rings. The first-order valence-electron chi connectivity index (χ1n) is 17.2. The van der Waals surface area contributed by atoms with E-state index in [0.29, 0.717) is 36.3 Å². The number of hydrogen-bond acceptors (Lipinski definition) is 11. The number of rotatable bonds is 12. The number of esters is 3. The summed E-state index contributed by atoms with van der Waals surface area (Å²) in [6.07, 6.45) is 5.41. The van der Waals surface area contributed by atoms with Crippen LogP contribution in [-0.4, -0.2) is 74.5 Å². The van der Waals surface area contributed by atoms with E-state index < -0.39 is 59.1 Å². The molecule has 1 aliphatic heterocycles. The maximum atomic E-state index is 13.3. The minimum atomic E-state index is -0.906. The van der Waals surface area contributed by atoms with Crippen LogP contribution in [0, 0.1) is 11.8 Å². The molecule has 0 saturated carbocycles. The summed E-state index contributed by atoms with van der Waals surface area (Å²) in [4.78, 5) is 73.2. The molecule has 3 heterocycles. The quantitative estimate of drug-likeness (QED) is 0.227. The first kappa shape index (κ1) is 40.0. The number of hydrazine groups is 1. The van der Waals surface area contributed by atoms with E-state index in [1.54, 1.807) is 65.1 Å². The molecule has 0 aliphatic carbocycles. The molecule has 1 fully saturated rings. The van der Waals surface area contributed by atoms with Crippen molar-refractivity contribution in [3.8, 4) is 0 Å². The number of nitrogens with one attached hydrogen (secondary N) is 2. The van der Waals surface area contributed by atoms with Gasteiger partial charge in [0.05, 0.1) is 35.7 Å². The third-order valence-corrected chi connectivity index (χ3v) is 7.73. The van der Waals surface area contributed by atoms with Crippen molar-refractivity contribution in [1.82, 2.24) is 25.7 Å². The van der Waals surface area contributed by atoms with Gasteiger partial charge in [-0.3, -0.25) is 34.0 Å². The zero-order valence-corrected chi connectivity index (χ0v) is 31.0. The number of nitrogens with zero attached hydrogens (tertiary/aromatic N) is 3. The van der Waals surface area contributed by atoms with Crippen molar-refractivity contribution in [1.29, 1.82) is 0 Å². The van der Waals surface area contributed by atoms with Gasteiger partial charge in [0.15, 0.2) is 0 Å². The van der Waals surface area contributed by atoms with E-state index >= 15 is 0 Å². The Bertz CT molecular complexity index is 1580. The van der Waals surface area contributed by atoms with Gasteiger partial charge in [-0.25, -0.2) is 10.4 Å². The van der Waals surface area contributed by atoms with Crippen LogP contribution in [0.15, 0.2) is 30.5 Å². The number of aromatic nitrogens is 2. The lowest BCUT2D eigenvalue weighted by atomic mass is 9.91. The van der Waals surface area contributed by atoms with Gasteiger partial charge in [0, 0.05) is 18.1 Å². The van der Waals surface area contributed by atoms with E-state index in [4.69, 9.17) is 14.2 Å². The maximum absolute atomic E-state index is 13.3. The second kappa shape index (κ2) is 17.0. The molecule has 1 saturated heterocycles. The van der Waals surface area contributed by atoms with E-state index in [9.17, 15) is 24.0 Å². The van der Waals surface area contributed by atoms with Crippen LogP contribution < -0.4 is 10.7 Å². The van der Waals surface area contributed by atoms with Crippen LogP contribution in [0.5, 0.6) is 0 Å². The van der Waals surface area contributed by atoms with Crippen LogP contribution in [0.25, 0.3) is 17.0 Å². The molecule has 0 aromatic carbocycles. The van der Waals surface area contributed by atoms with Crippen LogP contribution >= 0.6 is 0 Å². The summed E-state index contributed by atoms with van der Waals surface area (Å²) in [5.41, 5.74) is 3.52. The molecule has 2 aromatic heterocycles.